The van der Waals surface area contributed by atoms with Gasteiger partial charge in [0.2, 0.25) is 0 Å². The first kappa shape index (κ1) is 21.9. The monoisotopic (exact) mass is 459 g/mol. The van der Waals surface area contributed by atoms with Crippen molar-refractivity contribution in [1.82, 2.24) is 9.88 Å². The molecule has 2 heterocycles. The second kappa shape index (κ2) is 9.85. The third-order valence-electron chi connectivity index (χ3n) is 5.41. The number of nitrogens with zero attached hydrogens (tertiary/aromatic N) is 3. The minimum atomic E-state index is -0.337. The van der Waals surface area contributed by atoms with Crippen LogP contribution in [-0.4, -0.2) is 54.7 Å². The molecule has 0 N–H and O–H groups in total. The first-order valence-corrected chi connectivity index (χ1v) is 11.7. The molecule has 31 heavy (non-hydrogen) atoms. The van der Waals surface area contributed by atoms with Gasteiger partial charge in [0.15, 0.2) is 5.13 Å². The van der Waals surface area contributed by atoms with Gasteiger partial charge < -0.3 is 14.4 Å². The third-order valence-corrected chi connectivity index (χ3v) is 6.72. The van der Waals surface area contributed by atoms with E-state index in [4.69, 9.17) is 26.1 Å². The maximum atomic E-state index is 11.1. The number of aromatic nitrogens is 1. The molecule has 0 amide bonds. The van der Waals surface area contributed by atoms with Gasteiger partial charge in [0.25, 0.3) is 0 Å². The van der Waals surface area contributed by atoms with Gasteiger partial charge in [-0.3, -0.25) is 9.69 Å². The van der Waals surface area contributed by atoms with Crippen molar-refractivity contribution in [2.75, 3.05) is 37.7 Å². The van der Waals surface area contributed by atoms with Crippen LogP contribution in [0.3, 0.4) is 0 Å². The molecular formula is C23H26ClN3O3S. The smallest absolute Gasteiger partial charge is 0.308 e. The first-order valence-electron chi connectivity index (χ1n) is 10.5. The molecule has 2 aromatic carbocycles. The number of esters is 1. The second-order valence-electron chi connectivity index (χ2n) is 7.54. The number of thiazole rings is 1. The predicted octanol–water partition coefficient (Wildman–Crippen LogP) is 4.85. The van der Waals surface area contributed by atoms with Gasteiger partial charge in [-0.1, -0.05) is 35.9 Å². The number of ether oxygens (including phenoxy) is 2. The normalized spacial score (nSPS) is 16.3. The summed E-state index contributed by atoms with van der Waals surface area (Å²) in [5.41, 5.74) is 1.00. The number of benzene rings is 2. The highest BCUT2D eigenvalue weighted by Crippen LogP contribution is 2.33. The zero-order valence-electron chi connectivity index (χ0n) is 17.7. The summed E-state index contributed by atoms with van der Waals surface area (Å²) in [4.78, 5) is 20.7. The summed E-state index contributed by atoms with van der Waals surface area (Å²) in [7, 11) is 0. The largest absolute Gasteiger partial charge is 0.492 e. The number of carbonyl (C=O) groups is 1. The summed E-state index contributed by atoms with van der Waals surface area (Å²) in [5, 5.41) is 1.81. The Hall–Kier alpha value is -2.35. The Labute approximate surface area is 191 Å². The van der Waals surface area contributed by atoms with Gasteiger partial charge in [0.05, 0.1) is 10.2 Å². The molecule has 0 bridgehead atoms. The van der Waals surface area contributed by atoms with Gasteiger partial charge in [0, 0.05) is 43.7 Å². The number of fused-ring (bicyclic) bond motifs is 1. The Morgan fingerprint density at radius 3 is 2.94 bits per heavy atom. The maximum Gasteiger partial charge on any atom is 0.308 e. The van der Waals surface area contributed by atoms with Crippen LogP contribution in [0.25, 0.3) is 10.2 Å². The third kappa shape index (κ3) is 5.47. The maximum absolute atomic E-state index is 11.1. The molecule has 1 atom stereocenters. The molecule has 1 aliphatic heterocycles. The van der Waals surface area contributed by atoms with Crippen LogP contribution < -0.4 is 14.4 Å². The Bertz CT molecular complexity index is 1060. The van der Waals surface area contributed by atoms with Crippen LogP contribution in [0.5, 0.6) is 11.5 Å². The molecule has 8 heteroatoms. The van der Waals surface area contributed by atoms with E-state index in [9.17, 15) is 4.79 Å². The summed E-state index contributed by atoms with van der Waals surface area (Å²) in [6.45, 7) is 7.91. The van der Waals surface area contributed by atoms with Gasteiger partial charge in [0.1, 0.15) is 18.1 Å². The molecule has 6 nitrogen and oxygen atoms in total. The lowest BCUT2D eigenvalue weighted by atomic mass is 10.2. The number of rotatable bonds is 8. The van der Waals surface area contributed by atoms with E-state index in [1.807, 2.05) is 30.3 Å². The highest BCUT2D eigenvalue weighted by atomic mass is 35.5. The van der Waals surface area contributed by atoms with Gasteiger partial charge in [-0.05, 0) is 43.3 Å². The number of halogens is 1. The molecule has 3 aromatic rings. The fraction of sp³-hybridized carbons (Fsp3) is 0.391. The van der Waals surface area contributed by atoms with E-state index in [0.717, 1.165) is 53.0 Å². The number of hydrogen-bond acceptors (Lipinski definition) is 7. The van der Waals surface area contributed by atoms with E-state index in [1.54, 1.807) is 23.5 Å². The summed E-state index contributed by atoms with van der Waals surface area (Å²) in [6.07, 6.45) is 1.10. The van der Waals surface area contributed by atoms with Crippen molar-refractivity contribution < 1.29 is 14.3 Å². The Kier molecular flexibility index (Phi) is 6.95. The van der Waals surface area contributed by atoms with Gasteiger partial charge in [-0.25, -0.2) is 4.98 Å². The molecule has 4 rings (SSSR count). The topological polar surface area (TPSA) is 54.9 Å². The van der Waals surface area contributed by atoms with Crippen molar-refractivity contribution in [3.63, 3.8) is 0 Å². The summed E-state index contributed by atoms with van der Waals surface area (Å²) >= 11 is 7.82. The Balaban J connectivity index is 1.32. The van der Waals surface area contributed by atoms with Crippen molar-refractivity contribution in [2.45, 2.75) is 26.3 Å². The van der Waals surface area contributed by atoms with Crippen LogP contribution >= 0.6 is 22.9 Å². The first-order chi connectivity index (χ1) is 15.0. The zero-order valence-corrected chi connectivity index (χ0v) is 19.3. The second-order valence-corrected chi connectivity index (χ2v) is 8.99. The molecule has 0 saturated carbocycles. The average Bonchev–Trinajstić information content (AvgIpc) is 3.38. The number of carbonyl (C=O) groups excluding carboxylic acids is 1. The quantitative estimate of drug-likeness (QED) is 0.354. The van der Waals surface area contributed by atoms with Crippen LogP contribution in [0.1, 0.15) is 20.3 Å². The zero-order chi connectivity index (χ0) is 21.8. The fourth-order valence-electron chi connectivity index (χ4n) is 3.91. The van der Waals surface area contributed by atoms with Crippen molar-refractivity contribution >= 4 is 44.3 Å². The van der Waals surface area contributed by atoms with Crippen LogP contribution in [0.15, 0.2) is 42.5 Å². The van der Waals surface area contributed by atoms with E-state index in [1.165, 1.54) is 6.92 Å². The minimum Gasteiger partial charge on any atom is -0.492 e. The van der Waals surface area contributed by atoms with Crippen molar-refractivity contribution in [2.24, 2.45) is 0 Å². The molecule has 164 valence electrons. The fourth-order valence-corrected chi connectivity index (χ4v) is 5.18. The Morgan fingerprint density at radius 1 is 1.29 bits per heavy atom. The van der Waals surface area contributed by atoms with E-state index < -0.39 is 0 Å². The van der Waals surface area contributed by atoms with E-state index in [0.29, 0.717) is 24.1 Å². The lowest BCUT2D eigenvalue weighted by molar-refractivity contribution is -0.131. The molecule has 1 fully saturated rings. The SMILES string of the molecule is CCN(CCOc1cccc(OC(C)=O)c1)C1CCN(c2nc3ccc(Cl)cc3s2)C1. The molecule has 0 aliphatic carbocycles. The lowest BCUT2D eigenvalue weighted by Gasteiger charge is -2.27. The van der Waals surface area contributed by atoms with Crippen LogP contribution in [0, 0.1) is 0 Å². The van der Waals surface area contributed by atoms with E-state index in [2.05, 4.69) is 16.7 Å². The highest BCUT2D eigenvalue weighted by molar-refractivity contribution is 7.22. The molecule has 1 unspecified atom stereocenters. The molecule has 1 aromatic heterocycles. The van der Waals surface area contributed by atoms with Gasteiger partial charge in [-0.2, -0.15) is 0 Å². The van der Waals surface area contributed by atoms with Gasteiger partial charge >= 0.3 is 5.97 Å². The highest BCUT2D eigenvalue weighted by Gasteiger charge is 2.28. The van der Waals surface area contributed by atoms with Crippen LogP contribution in [0.4, 0.5) is 5.13 Å². The Morgan fingerprint density at radius 2 is 2.13 bits per heavy atom. The number of likely N-dealkylation sites (N-methyl/N-ethyl adjacent to an activating group) is 1. The summed E-state index contributed by atoms with van der Waals surface area (Å²) < 4.78 is 12.2. The van der Waals surface area contributed by atoms with E-state index >= 15 is 0 Å². The number of hydrogen-bond donors (Lipinski definition) is 0. The lowest BCUT2D eigenvalue weighted by Crippen LogP contribution is -2.40. The van der Waals surface area contributed by atoms with Crippen molar-refractivity contribution in [3.05, 3.63) is 47.5 Å². The molecule has 1 saturated heterocycles. The van der Waals surface area contributed by atoms with Gasteiger partial charge in [-0.15, -0.1) is 0 Å². The number of anilines is 1. The average molecular weight is 460 g/mol. The van der Waals surface area contributed by atoms with E-state index in [-0.39, 0.29) is 5.97 Å². The van der Waals surface area contributed by atoms with Crippen molar-refractivity contribution in [3.8, 4) is 11.5 Å². The molecule has 0 spiro atoms. The minimum absolute atomic E-state index is 0.337. The summed E-state index contributed by atoms with van der Waals surface area (Å²) in [6, 6.07) is 13.5. The molecule has 1 aliphatic rings. The summed E-state index contributed by atoms with van der Waals surface area (Å²) in [5.74, 6) is 0.869. The molecular weight excluding hydrogens is 434 g/mol. The molecule has 0 radical (unpaired) electrons. The standard InChI is InChI=1S/C23H26ClN3O3S/c1-3-26(11-12-29-19-5-4-6-20(14-19)30-16(2)28)18-9-10-27(15-18)23-25-21-8-7-17(24)13-22(21)31-23/h4-8,13-14,18H,3,9-12,15H2,1-2H3. The van der Waals surface area contributed by atoms with Crippen molar-refractivity contribution in [1.29, 1.82) is 0 Å². The predicted molar refractivity (Wildman–Crippen MR) is 126 cm³/mol. The van der Waals surface area contributed by atoms with Crippen LogP contribution in [-0.2, 0) is 4.79 Å². The van der Waals surface area contributed by atoms with Crippen LogP contribution in [0.2, 0.25) is 5.02 Å².